The number of hydrogen-bond donors (Lipinski definition) is 1. The lowest BCUT2D eigenvalue weighted by Crippen LogP contribution is -2.43. The minimum absolute atomic E-state index is 0.549. The van der Waals surface area contributed by atoms with Crippen LogP contribution in [-0.4, -0.2) is 24.0 Å². The summed E-state index contributed by atoms with van der Waals surface area (Å²) in [5.74, 6) is 0. The van der Waals surface area contributed by atoms with Gasteiger partial charge in [-0.25, -0.2) is 0 Å². The van der Waals surface area contributed by atoms with Crippen LogP contribution >= 0.6 is 11.6 Å². The van der Waals surface area contributed by atoms with Gasteiger partial charge in [-0.3, -0.25) is 4.90 Å². The quantitative estimate of drug-likeness (QED) is 0.877. The van der Waals surface area contributed by atoms with Crippen molar-refractivity contribution >= 4 is 11.6 Å². The van der Waals surface area contributed by atoms with Crippen LogP contribution in [0.15, 0.2) is 24.3 Å². The predicted molar refractivity (Wildman–Crippen MR) is 68.6 cm³/mol. The molecular weight excluding hydrogens is 220 g/mol. The first kappa shape index (κ1) is 11.9. The van der Waals surface area contributed by atoms with Gasteiger partial charge < -0.3 is 5.73 Å². The van der Waals surface area contributed by atoms with E-state index in [0.29, 0.717) is 6.04 Å². The lowest BCUT2D eigenvalue weighted by Gasteiger charge is -2.35. The van der Waals surface area contributed by atoms with Crippen molar-refractivity contribution < 1.29 is 0 Å². The zero-order chi connectivity index (χ0) is 11.4. The molecule has 1 aromatic carbocycles. The highest BCUT2D eigenvalue weighted by Crippen LogP contribution is 2.20. The van der Waals surface area contributed by atoms with Gasteiger partial charge in [0, 0.05) is 24.2 Å². The molecule has 1 saturated heterocycles. The molecule has 2 rings (SSSR count). The van der Waals surface area contributed by atoms with Crippen molar-refractivity contribution in [2.75, 3.05) is 13.1 Å². The van der Waals surface area contributed by atoms with E-state index in [0.717, 1.165) is 24.7 Å². The summed E-state index contributed by atoms with van der Waals surface area (Å²) in [6.07, 6.45) is 3.84. The molecule has 0 amide bonds. The second-order valence-corrected chi connectivity index (χ2v) is 4.92. The summed E-state index contributed by atoms with van der Waals surface area (Å²) >= 11 is 5.99. The highest BCUT2D eigenvalue weighted by molar-refractivity contribution is 6.30. The number of rotatable bonds is 3. The average Bonchev–Trinajstić information content (AvgIpc) is 2.30. The van der Waals surface area contributed by atoms with Gasteiger partial charge in [-0.1, -0.05) is 30.2 Å². The molecule has 0 aliphatic carbocycles. The first-order valence-corrected chi connectivity index (χ1v) is 6.36. The Labute approximate surface area is 102 Å². The highest BCUT2D eigenvalue weighted by atomic mass is 35.5. The molecule has 0 saturated carbocycles. The zero-order valence-electron chi connectivity index (χ0n) is 9.53. The number of likely N-dealkylation sites (tertiary alicyclic amines) is 1. The summed E-state index contributed by atoms with van der Waals surface area (Å²) in [6, 6.07) is 8.66. The fraction of sp³-hybridized carbons (Fsp3) is 0.538. The maximum atomic E-state index is 5.99. The van der Waals surface area contributed by atoms with E-state index < -0.39 is 0 Å². The van der Waals surface area contributed by atoms with Crippen molar-refractivity contribution in [2.24, 2.45) is 5.73 Å². The van der Waals surface area contributed by atoms with Crippen molar-refractivity contribution in [3.8, 4) is 0 Å². The predicted octanol–water partition coefficient (Wildman–Crippen LogP) is 2.65. The molecule has 0 aromatic heterocycles. The summed E-state index contributed by atoms with van der Waals surface area (Å²) in [7, 11) is 0. The number of nitrogens with zero attached hydrogens (tertiary/aromatic N) is 1. The van der Waals surface area contributed by atoms with Gasteiger partial charge in [0.25, 0.3) is 0 Å². The molecule has 2 N–H and O–H groups in total. The molecule has 1 fully saturated rings. The molecule has 1 heterocycles. The van der Waals surface area contributed by atoms with Crippen LogP contribution in [0.25, 0.3) is 0 Å². The number of hydrogen-bond acceptors (Lipinski definition) is 2. The summed E-state index contributed by atoms with van der Waals surface area (Å²) < 4.78 is 0. The SMILES string of the molecule is NCC1CCCCN1Cc1cccc(Cl)c1. The first-order chi connectivity index (χ1) is 7.79. The first-order valence-electron chi connectivity index (χ1n) is 5.98. The van der Waals surface area contributed by atoms with Crippen LogP contribution in [0, 0.1) is 0 Å². The second kappa shape index (κ2) is 5.67. The van der Waals surface area contributed by atoms with Gasteiger partial charge in [-0.05, 0) is 37.1 Å². The third-order valence-corrected chi connectivity index (χ3v) is 3.53. The van der Waals surface area contributed by atoms with Gasteiger partial charge in [-0.2, -0.15) is 0 Å². The van der Waals surface area contributed by atoms with Crippen molar-refractivity contribution in [1.82, 2.24) is 4.90 Å². The maximum Gasteiger partial charge on any atom is 0.0409 e. The Hall–Kier alpha value is -0.570. The van der Waals surface area contributed by atoms with Gasteiger partial charge in [0.05, 0.1) is 0 Å². The Balaban J connectivity index is 2.02. The van der Waals surface area contributed by atoms with Crippen molar-refractivity contribution in [3.63, 3.8) is 0 Å². The van der Waals surface area contributed by atoms with Crippen LogP contribution < -0.4 is 5.73 Å². The Bertz CT molecular complexity index is 340. The van der Waals surface area contributed by atoms with Crippen molar-refractivity contribution in [2.45, 2.75) is 31.8 Å². The molecule has 0 radical (unpaired) electrons. The number of nitrogens with two attached hydrogens (primary N) is 1. The van der Waals surface area contributed by atoms with Crippen LogP contribution in [0.1, 0.15) is 24.8 Å². The van der Waals surface area contributed by atoms with Crippen LogP contribution in [0.2, 0.25) is 5.02 Å². The topological polar surface area (TPSA) is 29.3 Å². The van der Waals surface area contributed by atoms with Crippen LogP contribution in [0.4, 0.5) is 0 Å². The van der Waals surface area contributed by atoms with E-state index >= 15 is 0 Å². The lowest BCUT2D eigenvalue weighted by molar-refractivity contribution is 0.145. The monoisotopic (exact) mass is 238 g/mol. The van der Waals surface area contributed by atoms with Crippen molar-refractivity contribution in [1.29, 1.82) is 0 Å². The number of benzene rings is 1. The molecule has 1 atom stereocenters. The summed E-state index contributed by atoms with van der Waals surface area (Å²) in [5.41, 5.74) is 7.09. The average molecular weight is 239 g/mol. The molecule has 2 nitrogen and oxygen atoms in total. The molecule has 1 aliphatic heterocycles. The van der Waals surface area contributed by atoms with E-state index in [4.69, 9.17) is 17.3 Å². The van der Waals surface area contributed by atoms with Gasteiger partial charge in [0.15, 0.2) is 0 Å². The van der Waals surface area contributed by atoms with E-state index in [-0.39, 0.29) is 0 Å². The van der Waals surface area contributed by atoms with Crippen LogP contribution in [-0.2, 0) is 6.54 Å². The van der Waals surface area contributed by atoms with E-state index in [1.54, 1.807) is 0 Å². The van der Waals surface area contributed by atoms with E-state index in [2.05, 4.69) is 11.0 Å². The van der Waals surface area contributed by atoms with Gasteiger partial charge in [-0.15, -0.1) is 0 Å². The Morgan fingerprint density at radius 3 is 3.00 bits per heavy atom. The molecule has 16 heavy (non-hydrogen) atoms. The molecule has 0 spiro atoms. The van der Waals surface area contributed by atoms with Gasteiger partial charge in [0.2, 0.25) is 0 Å². The number of halogens is 1. The maximum absolute atomic E-state index is 5.99. The standard InChI is InChI=1S/C13H19ClN2/c14-12-5-3-4-11(8-12)10-16-7-2-1-6-13(16)9-15/h3-5,8,13H,1-2,6-7,9-10,15H2. The summed E-state index contributed by atoms with van der Waals surface area (Å²) in [4.78, 5) is 2.48. The molecule has 88 valence electrons. The molecule has 0 bridgehead atoms. The van der Waals surface area contributed by atoms with Crippen LogP contribution in [0.5, 0.6) is 0 Å². The third kappa shape index (κ3) is 2.97. The third-order valence-electron chi connectivity index (χ3n) is 3.30. The van der Waals surface area contributed by atoms with E-state index in [1.165, 1.54) is 24.8 Å². The second-order valence-electron chi connectivity index (χ2n) is 4.49. The lowest BCUT2D eigenvalue weighted by atomic mass is 10.0. The van der Waals surface area contributed by atoms with Gasteiger partial charge in [0.1, 0.15) is 0 Å². The largest absolute Gasteiger partial charge is 0.329 e. The highest BCUT2D eigenvalue weighted by Gasteiger charge is 2.20. The molecule has 1 aliphatic rings. The number of piperidine rings is 1. The van der Waals surface area contributed by atoms with Crippen molar-refractivity contribution in [3.05, 3.63) is 34.9 Å². The van der Waals surface area contributed by atoms with Crippen LogP contribution in [0.3, 0.4) is 0 Å². The molecule has 3 heteroatoms. The Kier molecular flexibility index (Phi) is 4.22. The fourth-order valence-corrected chi connectivity index (χ4v) is 2.62. The molecule has 1 aromatic rings. The van der Waals surface area contributed by atoms with E-state index in [1.807, 2.05) is 18.2 Å². The summed E-state index contributed by atoms with van der Waals surface area (Å²) in [5, 5.41) is 0.818. The molecular formula is C13H19ClN2. The minimum Gasteiger partial charge on any atom is -0.329 e. The normalized spacial score (nSPS) is 22.2. The Morgan fingerprint density at radius 1 is 1.38 bits per heavy atom. The Morgan fingerprint density at radius 2 is 2.25 bits per heavy atom. The summed E-state index contributed by atoms with van der Waals surface area (Å²) in [6.45, 7) is 2.90. The van der Waals surface area contributed by atoms with Gasteiger partial charge >= 0.3 is 0 Å². The smallest absolute Gasteiger partial charge is 0.0409 e. The zero-order valence-corrected chi connectivity index (χ0v) is 10.3. The fourth-order valence-electron chi connectivity index (χ4n) is 2.40. The minimum atomic E-state index is 0.549. The van der Waals surface area contributed by atoms with E-state index in [9.17, 15) is 0 Å². The molecule has 1 unspecified atom stereocenters.